The van der Waals surface area contributed by atoms with Gasteiger partial charge < -0.3 is 19.7 Å². The molecule has 0 atom stereocenters. The summed E-state index contributed by atoms with van der Waals surface area (Å²) in [6.07, 6.45) is 5.32. The van der Waals surface area contributed by atoms with Crippen molar-refractivity contribution in [3.8, 4) is 5.75 Å². The maximum Gasteiger partial charge on any atom is 0.407 e. The highest BCUT2D eigenvalue weighted by atomic mass is 16.5. The standard InChI is InChI=1S/C18H28N2O3/c1-22-17-8-6-16(7-9-17)10-11-19-18(21)23-15-5-14-20-12-3-2-4-13-20/h6-9H,2-5,10-15H2,1H3,(H,19,21). The predicted molar refractivity (Wildman–Crippen MR) is 91.0 cm³/mol. The van der Waals surface area contributed by atoms with Gasteiger partial charge in [-0.25, -0.2) is 4.79 Å². The van der Waals surface area contributed by atoms with Crippen LogP contribution in [-0.2, 0) is 11.2 Å². The van der Waals surface area contributed by atoms with Crippen molar-refractivity contribution in [2.75, 3.05) is 39.9 Å². The summed E-state index contributed by atoms with van der Waals surface area (Å²) in [5.74, 6) is 0.842. The molecular weight excluding hydrogens is 292 g/mol. The van der Waals surface area contributed by atoms with Crippen molar-refractivity contribution < 1.29 is 14.3 Å². The van der Waals surface area contributed by atoms with E-state index in [1.165, 1.54) is 32.4 Å². The molecule has 1 saturated heterocycles. The zero-order valence-electron chi connectivity index (χ0n) is 14.1. The van der Waals surface area contributed by atoms with Gasteiger partial charge in [0.25, 0.3) is 0 Å². The summed E-state index contributed by atoms with van der Waals surface area (Å²) in [6, 6.07) is 7.86. The number of carbonyl (C=O) groups is 1. The fourth-order valence-corrected chi connectivity index (χ4v) is 2.79. The Balaban J connectivity index is 1.50. The fourth-order valence-electron chi connectivity index (χ4n) is 2.79. The van der Waals surface area contributed by atoms with Gasteiger partial charge in [0.05, 0.1) is 13.7 Å². The molecule has 0 bridgehead atoms. The molecule has 2 rings (SSSR count). The van der Waals surface area contributed by atoms with Crippen molar-refractivity contribution in [2.45, 2.75) is 32.1 Å². The molecule has 1 heterocycles. The summed E-state index contributed by atoms with van der Waals surface area (Å²) in [6.45, 7) is 4.48. The first-order chi connectivity index (χ1) is 11.3. The quantitative estimate of drug-likeness (QED) is 0.748. The topological polar surface area (TPSA) is 50.8 Å². The monoisotopic (exact) mass is 320 g/mol. The lowest BCUT2D eigenvalue weighted by Crippen LogP contribution is -2.32. The molecule has 0 saturated carbocycles. The minimum Gasteiger partial charge on any atom is -0.497 e. The van der Waals surface area contributed by atoms with Crippen LogP contribution in [0.5, 0.6) is 5.75 Å². The number of nitrogens with zero attached hydrogens (tertiary/aromatic N) is 1. The van der Waals surface area contributed by atoms with Gasteiger partial charge in [-0.2, -0.15) is 0 Å². The molecule has 1 amide bonds. The van der Waals surface area contributed by atoms with Crippen LogP contribution in [0.1, 0.15) is 31.2 Å². The molecule has 0 spiro atoms. The number of hydrogen-bond acceptors (Lipinski definition) is 4. The molecule has 128 valence electrons. The lowest BCUT2D eigenvalue weighted by molar-refractivity contribution is 0.135. The molecule has 0 radical (unpaired) electrons. The van der Waals surface area contributed by atoms with Gasteiger partial charge in [-0.05, 0) is 56.5 Å². The molecule has 1 fully saturated rings. The molecule has 1 aliphatic heterocycles. The molecule has 23 heavy (non-hydrogen) atoms. The van der Waals surface area contributed by atoms with E-state index in [4.69, 9.17) is 9.47 Å². The first kappa shape index (κ1) is 17.6. The number of carbonyl (C=O) groups excluding carboxylic acids is 1. The maximum absolute atomic E-state index is 11.6. The predicted octanol–water partition coefficient (Wildman–Crippen LogP) is 2.84. The van der Waals surface area contributed by atoms with Crippen molar-refractivity contribution >= 4 is 6.09 Å². The number of nitrogens with one attached hydrogen (secondary N) is 1. The third-order valence-electron chi connectivity index (χ3n) is 4.14. The van der Waals surface area contributed by atoms with E-state index < -0.39 is 0 Å². The number of piperidine rings is 1. The van der Waals surface area contributed by atoms with Crippen LogP contribution in [0.15, 0.2) is 24.3 Å². The van der Waals surface area contributed by atoms with E-state index in [0.717, 1.165) is 30.7 Å². The number of methoxy groups -OCH3 is 1. The zero-order valence-corrected chi connectivity index (χ0v) is 14.1. The number of benzene rings is 1. The number of rotatable bonds is 8. The van der Waals surface area contributed by atoms with Gasteiger partial charge in [0.15, 0.2) is 0 Å². The largest absolute Gasteiger partial charge is 0.497 e. The summed E-state index contributed by atoms with van der Waals surface area (Å²) in [7, 11) is 1.65. The molecule has 0 unspecified atom stereocenters. The number of alkyl carbamates (subject to hydrolysis) is 1. The van der Waals surface area contributed by atoms with Gasteiger partial charge in [0.2, 0.25) is 0 Å². The lowest BCUT2D eigenvalue weighted by atomic mass is 10.1. The van der Waals surface area contributed by atoms with Crippen molar-refractivity contribution in [3.63, 3.8) is 0 Å². The number of amides is 1. The summed E-state index contributed by atoms with van der Waals surface area (Å²) in [5, 5.41) is 2.79. The summed E-state index contributed by atoms with van der Waals surface area (Å²) < 4.78 is 10.3. The van der Waals surface area contributed by atoms with Crippen LogP contribution in [0.3, 0.4) is 0 Å². The minimum atomic E-state index is -0.322. The minimum absolute atomic E-state index is 0.322. The first-order valence-electron chi connectivity index (χ1n) is 8.54. The molecule has 1 N–H and O–H groups in total. The molecule has 1 aromatic carbocycles. The third-order valence-corrected chi connectivity index (χ3v) is 4.14. The van der Waals surface area contributed by atoms with Gasteiger partial charge in [-0.1, -0.05) is 18.6 Å². The Morgan fingerprint density at radius 1 is 1.17 bits per heavy atom. The normalized spacial score (nSPS) is 15.2. The highest BCUT2D eigenvalue weighted by Gasteiger charge is 2.09. The maximum atomic E-state index is 11.6. The smallest absolute Gasteiger partial charge is 0.407 e. The van der Waals surface area contributed by atoms with Gasteiger partial charge in [0.1, 0.15) is 5.75 Å². The Bertz CT molecular complexity index is 456. The van der Waals surface area contributed by atoms with Gasteiger partial charge in [0, 0.05) is 13.1 Å². The fraction of sp³-hybridized carbons (Fsp3) is 0.611. The Kier molecular flexibility index (Phi) is 7.73. The molecule has 1 aliphatic rings. The number of ether oxygens (including phenoxy) is 2. The van der Waals surface area contributed by atoms with Crippen LogP contribution in [0.2, 0.25) is 0 Å². The number of hydrogen-bond donors (Lipinski definition) is 1. The van der Waals surface area contributed by atoms with Crippen molar-refractivity contribution in [1.82, 2.24) is 10.2 Å². The van der Waals surface area contributed by atoms with Crippen LogP contribution >= 0.6 is 0 Å². The van der Waals surface area contributed by atoms with Crippen LogP contribution < -0.4 is 10.1 Å². The van der Waals surface area contributed by atoms with Crippen LogP contribution in [0, 0.1) is 0 Å². The van der Waals surface area contributed by atoms with E-state index in [0.29, 0.717) is 13.2 Å². The summed E-state index contributed by atoms with van der Waals surface area (Å²) >= 11 is 0. The van der Waals surface area contributed by atoms with Crippen LogP contribution in [0.25, 0.3) is 0 Å². The number of likely N-dealkylation sites (tertiary alicyclic amines) is 1. The Morgan fingerprint density at radius 3 is 2.61 bits per heavy atom. The van der Waals surface area contributed by atoms with E-state index in [-0.39, 0.29) is 6.09 Å². The van der Waals surface area contributed by atoms with Crippen molar-refractivity contribution in [3.05, 3.63) is 29.8 Å². The van der Waals surface area contributed by atoms with Gasteiger partial charge in [-0.3, -0.25) is 0 Å². The third kappa shape index (κ3) is 6.91. The SMILES string of the molecule is COc1ccc(CCNC(=O)OCCCN2CCCCC2)cc1. The molecule has 0 aliphatic carbocycles. The second-order valence-electron chi connectivity index (χ2n) is 5.92. The average Bonchev–Trinajstić information content (AvgIpc) is 2.60. The molecule has 5 heteroatoms. The van der Waals surface area contributed by atoms with Crippen molar-refractivity contribution in [2.24, 2.45) is 0 Å². The molecule has 5 nitrogen and oxygen atoms in total. The Morgan fingerprint density at radius 2 is 1.91 bits per heavy atom. The van der Waals surface area contributed by atoms with E-state index in [1.54, 1.807) is 7.11 Å². The molecule has 0 aromatic heterocycles. The lowest BCUT2D eigenvalue weighted by Gasteiger charge is -2.26. The second kappa shape index (κ2) is 10.1. The van der Waals surface area contributed by atoms with Gasteiger partial charge in [-0.15, -0.1) is 0 Å². The van der Waals surface area contributed by atoms with Crippen molar-refractivity contribution in [1.29, 1.82) is 0 Å². The van der Waals surface area contributed by atoms with E-state index in [1.807, 2.05) is 24.3 Å². The molecule has 1 aromatic rings. The van der Waals surface area contributed by atoms with Crippen LogP contribution in [0.4, 0.5) is 4.79 Å². The molecular formula is C18H28N2O3. The highest BCUT2D eigenvalue weighted by molar-refractivity contribution is 5.67. The zero-order chi connectivity index (χ0) is 16.3. The van der Waals surface area contributed by atoms with E-state index in [2.05, 4.69) is 10.2 Å². The highest BCUT2D eigenvalue weighted by Crippen LogP contribution is 2.11. The van der Waals surface area contributed by atoms with Gasteiger partial charge >= 0.3 is 6.09 Å². The summed E-state index contributed by atoms with van der Waals surface area (Å²) in [4.78, 5) is 14.1. The average molecular weight is 320 g/mol. The van der Waals surface area contributed by atoms with Crippen LogP contribution in [-0.4, -0.2) is 50.9 Å². The van der Waals surface area contributed by atoms with E-state index in [9.17, 15) is 4.79 Å². The summed E-state index contributed by atoms with van der Waals surface area (Å²) in [5.41, 5.74) is 1.16. The van der Waals surface area contributed by atoms with E-state index >= 15 is 0 Å². The second-order valence-corrected chi connectivity index (χ2v) is 5.92. The Labute approximate surface area is 139 Å². The first-order valence-corrected chi connectivity index (χ1v) is 8.54. The Hall–Kier alpha value is -1.75.